The van der Waals surface area contributed by atoms with Crippen LogP contribution >= 0.6 is 11.8 Å². The zero-order valence-electron chi connectivity index (χ0n) is 16.5. The van der Waals surface area contributed by atoms with Crippen LogP contribution in [0.25, 0.3) is 17.2 Å². The summed E-state index contributed by atoms with van der Waals surface area (Å²) < 4.78 is 20.8. The average molecular weight is 435 g/mol. The molecule has 0 fully saturated rings. The number of halogens is 1. The predicted molar refractivity (Wildman–Crippen MR) is 117 cm³/mol. The molecular weight excluding hydrogens is 417 g/mol. The van der Waals surface area contributed by atoms with Crippen LogP contribution in [-0.2, 0) is 4.79 Å². The third kappa shape index (κ3) is 4.72. The molecule has 0 radical (unpaired) electrons. The van der Waals surface area contributed by atoms with Crippen molar-refractivity contribution in [2.24, 2.45) is 0 Å². The van der Waals surface area contributed by atoms with Crippen molar-refractivity contribution in [3.8, 4) is 23.0 Å². The largest absolute Gasteiger partial charge is 0.497 e. The minimum absolute atomic E-state index is 0.0326. The molecule has 156 valence electrons. The van der Waals surface area contributed by atoms with Gasteiger partial charge in [-0.05, 0) is 48.5 Å². The number of carbonyl (C=O) groups is 1. The Kier molecular flexibility index (Phi) is 6.23. The van der Waals surface area contributed by atoms with E-state index in [1.807, 2.05) is 47.0 Å². The maximum atomic E-state index is 13.8. The lowest BCUT2D eigenvalue weighted by Gasteiger charge is -2.11. The number of anilines is 1. The molecule has 0 spiro atoms. The van der Waals surface area contributed by atoms with E-state index in [2.05, 4.69) is 20.5 Å². The highest BCUT2D eigenvalue weighted by Crippen LogP contribution is 2.28. The van der Waals surface area contributed by atoms with Crippen molar-refractivity contribution in [2.45, 2.75) is 5.16 Å². The van der Waals surface area contributed by atoms with Gasteiger partial charge in [-0.25, -0.2) is 4.39 Å². The predicted octanol–water partition coefficient (Wildman–Crippen LogP) is 4.21. The number of para-hydroxylation sites is 1. The molecule has 0 unspecified atom stereocenters. The molecule has 0 aliphatic rings. The SMILES string of the molecule is COc1ccc(-n2c(SCC(=O)Nc3ccccc3F)nnc2-c2ccccn2)cc1. The number of benzene rings is 2. The van der Waals surface area contributed by atoms with Crippen molar-refractivity contribution in [3.63, 3.8) is 0 Å². The van der Waals surface area contributed by atoms with E-state index in [0.29, 0.717) is 16.7 Å². The van der Waals surface area contributed by atoms with Gasteiger partial charge in [0.05, 0.1) is 24.2 Å². The highest BCUT2D eigenvalue weighted by Gasteiger charge is 2.18. The number of hydrogen-bond donors (Lipinski definition) is 1. The number of pyridine rings is 1. The van der Waals surface area contributed by atoms with Crippen LogP contribution in [0.2, 0.25) is 0 Å². The Balaban J connectivity index is 1.60. The molecule has 7 nitrogen and oxygen atoms in total. The van der Waals surface area contributed by atoms with Gasteiger partial charge in [-0.3, -0.25) is 14.3 Å². The van der Waals surface area contributed by atoms with Gasteiger partial charge in [0.25, 0.3) is 0 Å². The van der Waals surface area contributed by atoms with Crippen molar-refractivity contribution in [1.29, 1.82) is 0 Å². The van der Waals surface area contributed by atoms with Crippen LogP contribution in [0.1, 0.15) is 0 Å². The van der Waals surface area contributed by atoms with Crippen molar-refractivity contribution >= 4 is 23.4 Å². The zero-order chi connectivity index (χ0) is 21.6. The van der Waals surface area contributed by atoms with Gasteiger partial charge in [0.1, 0.15) is 17.3 Å². The van der Waals surface area contributed by atoms with E-state index >= 15 is 0 Å². The Morgan fingerprint density at radius 3 is 2.55 bits per heavy atom. The number of methoxy groups -OCH3 is 1. The second-order valence-corrected chi connectivity index (χ2v) is 7.31. The molecule has 0 bridgehead atoms. The third-order valence-electron chi connectivity index (χ3n) is 4.34. The van der Waals surface area contributed by atoms with Gasteiger partial charge in [0.15, 0.2) is 11.0 Å². The Morgan fingerprint density at radius 1 is 1.06 bits per heavy atom. The van der Waals surface area contributed by atoms with Gasteiger partial charge in [-0.1, -0.05) is 30.0 Å². The molecule has 2 heterocycles. The quantitative estimate of drug-likeness (QED) is 0.438. The minimum Gasteiger partial charge on any atom is -0.497 e. The number of hydrogen-bond acceptors (Lipinski definition) is 6. The Morgan fingerprint density at radius 2 is 1.84 bits per heavy atom. The van der Waals surface area contributed by atoms with E-state index in [4.69, 9.17) is 4.74 Å². The van der Waals surface area contributed by atoms with Crippen LogP contribution in [0.5, 0.6) is 5.75 Å². The van der Waals surface area contributed by atoms with Crippen LogP contribution in [0.15, 0.2) is 78.1 Å². The van der Waals surface area contributed by atoms with Crippen LogP contribution < -0.4 is 10.1 Å². The third-order valence-corrected chi connectivity index (χ3v) is 5.27. The molecule has 1 amide bonds. The maximum absolute atomic E-state index is 13.8. The molecule has 1 N–H and O–H groups in total. The summed E-state index contributed by atoms with van der Waals surface area (Å²) in [6.07, 6.45) is 1.68. The molecule has 0 saturated heterocycles. The van der Waals surface area contributed by atoms with E-state index in [1.54, 1.807) is 25.4 Å². The van der Waals surface area contributed by atoms with Gasteiger partial charge in [0, 0.05) is 6.20 Å². The molecule has 0 atom stereocenters. The fourth-order valence-corrected chi connectivity index (χ4v) is 3.62. The fourth-order valence-electron chi connectivity index (χ4n) is 2.87. The summed E-state index contributed by atoms with van der Waals surface area (Å²) in [5.41, 5.74) is 1.58. The molecule has 9 heteroatoms. The zero-order valence-corrected chi connectivity index (χ0v) is 17.3. The summed E-state index contributed by atoms with van der Waals surface area (Å²) in [7, 11) is 1.60. The number of carbonyl (C=O) groups excluding carboxylic acids is 1. The summed E-state index contributed by atoms with van der Waals surface area (Å²) >= 11 is 1.20. The smallest absolute Gasteiger partial charge is 0.234 e. The van der Waals surface area contributed by atoms with Crippen LogP contribution in [0, 0.1) is 5.82 Å². The van der Waals surface area contributed by atoms with Gasteiger partial charge >= 0.3 is 0 Å². The molecule has 2 aromatic heterocycles. The average Bonchev–Trinajstić information content (AvgIpc) is 3.24. The molecular formula is C22H18FN5O2S. The first-order valence-electron chi connectivity index (χ1n) is 9.34. The number of nitrogens with one attached hydrogen (secondary N) is 1. The summed E-state index contributed by atoms with van der Waals surface area (Å²) in [5.74, 6) is 0.459. The normalized spacial score (nSPS) is 10.6. The van der Waals surface area contributed by atoms with Gasteiger partial charge < -0.3 is 10.1 Å². The second-order valence-electron chi connectivity index (χ2n) is 6.37. The standard InChI is InChI=1S/C22H18FN5O2S/c1-30-16-11-9-15(10-12-16)28-21(19-8-4-5-13-24-19)26-27-22(28)31-14-20(29)25-18-7-3-2-6-17(18)23/h2-13H,14H2,1H3,(H,25,29). The molecule has 4 aromatic rings. The second kappa shape index (κ2) is 9.40. The number of amides is 1. The van der Waals surface area contributed by atoms with E-state index in [9.17, 15) is 9.18 Å². The van der Waals surface area contributed by atoms with E-state index in [0.717, 1.165) is 11.4 Å². The molecule has 0 saturated carbocycles. The summed E-state index contributed by atoms with van der Waals surface area (Å²) in [6.45, 7) is 0. The van der Waals surface area contributed by atoms with Crippen molar-refractivity contribution in [3.05, 3.63) is 78.7 Å². The lowest BCUT2D eigenvalue weighted by atomic mass is 10.3. The Hall–Kier alpha value is -3.72. The van der Waals surface area contributed by atoms with E-state index in [1.165, 1.54) is 23.9 Å². The van der Waals surface area contributed by atoms with Gasteiger partial charge in [-0.15, -0.1) is 10.2 Å². The number of ether oxygens (including phenoxy) is 1. The molecule has 0 aliphatic carbocycles. The highest BCUT2D eigenvalue weighted by atomic mass is 32.2. The Labute approximate surface area is 182 Å². The first-order chi connectivity index (χ1) is 15.2. The van der Waals surface area contributed by atoms with Crippen molar-refractivity contribution in [2.75, 3.05) is 18.2 Å². The topological polar surface area (TPSA) is 81.9 Å². The number of aromatic nitrogens is 4. The number of rotatable bonds is 7. The summed E-state index contributed by atoms with van der Waals surface area (Å²) in [5, 5.41) is 11.6. The van der Waals surface area contributed by atoms with Crippen LogP contribution in [0.4, 0.5) is 10.1 Å². The van der Waals surface area contributed by atoms with Crippen molar-refractivity contribution < 1.29 is 13.9 Å². The molecule has 4 rings (SSSR count). The van der Waals surface area contributed by atoms with Crippen LogP contribution in [0.3, 0.4) is 0 Å². The summed E-state index contributed by atoms with van der Waals surface area (Å²) in [4.78, 5) is 16.7. The maximum Gasteiger partial charge on any atom is 0.234 e. The highest BCUT2D eigenvalue weighted by molar-refractivity contribution is 7.99. The van der Waals surface area contributed by atoms with Gasteiger partial charge in [0.2, 0.25) is 5.91 Å². The fraction of sp³-hybridized carbons (Fsp3) is 0.0909. The molecule has 0 aliphatic heterocycles. The molecule has 2 aromatic carbocycles. The van der Waals surface area contributed by atoms with E-state index in [-0.39, 0.29) is 17.3 Å². The Bertz CT molecular complexity index is 1180. The van der Waals surface area contributed by atoms with E-state index < -0.39 is 5.82 Å². The first kappa shape index (κ1) is 20.5. The molecule has 31 heavy (non-hydrogen) atoms. The minimum atomic E-state index is -0.486. The monoisotopic (exact) mass is 435 g/mol. The van der Waals surface area contributed by atoms with Crippen molar-refractivity contribution in [1.82, 2.24) is 19.7 Å². The van der Waals surface area contributed by atoms with Gasteiger partial charge in [-0.2, -0.15) is 0 Å². The lowest BCUT2D eigenvalue weighted by Crippen LogP contribution is -2.15. The lowest BCUT2D eigenvalue weighted by molar-refractivity contribution is -0.113. The summed E-state index contributed by atoms with van der Waals surface area (Å²) in [6, 6.07) is 19.0. The first-order valence-corrected chi connectivity index (χ1v) is 10.3. The van der Waals surface area contributed by atoms with Crippen LogP contribution in [-0.4, -0.2) is 38.5 Å². The number of nitrogens with zero attached hydrogens (tertiary/aromatic N) is 4. The number of thioether (sulfide) groups is 1.